The Morgan fingerprint density at radius 1 is 1.33 bits per heavy atom. The van der Waals surface area contributed by atoms with E-state index in [0.717, 1.165) is 19.3 Å². The second-order valence-electron chi connectivity index (χ2n) is 7.93. The minimum absolute atomic E-state index is 0.120. The highest BCUT2D eigenvalue weighted by molar-refractivity contribution is 7.89. The molecule has 7 heteroatoms. The molecule has 3 rings (SSSR count). The van der Waals surface area contributed by atoms with Gasteiger partial charge in [0.15, 0.2) is 0 Å². The summed E-state index contributed by atoms with van der Waals surface area (Å²) in [6.45, 7) is 11.9. The average Bonchev–Trinajstić information content (AvgIpc) is 2.86. The van der Waals surface area contributed by atoms with Gasteiger partial charge in [0.2, 0.25) is 10.0 Å². The minimum atomic E-state index is -3.49. The topological polar surface area (TPSA) is 64.4 Å². The molecule has 0 N–H and O–H groups in total. The van der Waals surface area contributed by atoms with Gasteiger partial charge in [-0.3, -0.25) is 4.68 Å². The smallest absolute Gasteiger partial charge is 0.246 e. The van der Waals surface area contributed by atoms with Crippen LogP contribution in [0.4, 0.5) is 0 Å². The molecule has 0 bridgehead atoms. The Balaban J connectivity index is 1.83. The molecule has 0 amide bonds. The van der Waals surface area contributed by atoms with Gasteiger partial charge in [0.25, 0.3) is 0 Å². The van der Waals surface area contributed by atoms with Crippen molar-refractivity contribution in [1.29, 1.82) is 0 Å². The molecule has 0 spiro atoms. The van der Waals surface area contributed by atoms with Crippen LogP contribution in [0.3, 0.4) is 0 Å². The van der Waals surface area contributed by atoms with E-state index in [1.165, 1.54) is 6.20 Å². The molecule has 2 fully saturated rings. The summed E-state index contributed by atoms with van der Waals surface area (Å²) in [4.78, 5) is 0.338. The van der Waals surface area contributed by atoms with Crippen molar-refractivity contribution in [2.24, 2.45) is 5.92 Å². The van der Waals surface area contributed by atoms with Crippen LogP contribution in [0.25, 0.3) is 0 Å². The van der Waals surface area contributed by atoms with Crippen LogP contribution in [0.15, 0.2) is 11.1 Å². The molecule has 24 heavy (non-hydrogen) atoms. The zero-order chi connectivity index (χ0) is 17.8. The van der Waals surface area contributed by atoms with E-state index in [2.05, 4.69) is 25.9 Å². The molecule has 1 aromatic heterocycles. The third kappa shape index (κ3) is 2.91. The third-order valence-electron chi connectivity index (χ3n) is 5.73. The van der Waals surface area contributed by atoms with Gasteiger partial charge in [-0.1, -0.05) is 0 Å². The number of nitrogens with zero attached hydrogens (tertiary/aromatic N) is 3. The summed E-state index contributed by atoms with van der Waals surface area (Å²) in [7, 11) is -3.49. The molecule has 2 aliphatic heterocycles. The van der Waals surface area contributed by atoms with Crippen LogP contribution >= 0.6 is 0 Å². The summed E-state index contributed by atoms with van der Waals surface area (Å²) >= 11 is 0. The number of hydrogen-bond acceptors (Lipinski definition) is 4. The van der Waals surface area contributed by atoms with Gasteiger partial charge in [-0.2, -0.15) is 9.40 Å². The van der Waals surface area contributed by atoms with Gasteiger partial charge in [0.05, 0.1) is 23.1 Å². The van der Waals surface area contributed by atoms with Crippen molar-refractivity contribution in [2.75, 3.05) is 13.1 Å². The standard InChI is InChI=1S/C17H29N3O3S/c1-6-20-13(2)15(11-18-20)24(21,22)19-10-9-17(5)14(12-19)7-8-16(3,4)23-17/h11,14H,6-10,12H2,1-5H3/t14-,17+/m0/s1. The van der Waals surface area contributed by atoms with Crippen molar-refractivity contribution < 1.29 is 13.2 Å². The zero-order valence-electron chi connectivity index (χ0n) is 15.4. The molecule has 1 aromatic rings. The number of aromatic nitrogens is 2. The van der Waals surface area contributed by atoms with E-state index in [1.807, 2.05) is 13.8 Å². The van der Waals surface area contributed by atoms with Gasteiger partial charge >= 0.3 is 0 Å². The van der Waals surface area contributed by atoms with Crippen LogP contribution in [0, 0.1) is 12.8 Å². The molecule has 0 aliphatic carbocycles. The van der Waals surface area contributed by atoms with E-state index < -0.39 is 10.0 Å². The van der Waals surface area contributed by atoms with Gasteiger partial charge in [0, 0.05) is 25.6 Å². The van der Waals surface area contributed by atoms with E-state index in [9.17, 15) is 8.42 Å². The van der Waals surface area contributed by atoms with Gasteiger partial charge in [-0.05, 0) is 53.9 Å². The lowest BCUT2D eigenvalue weighted by molar-refractivity contribution is -0.208. The van der Waals surface area contributed by atoms with Gasteiger partial charge in [0.1, 0.15) is 4.90 Å². The zero-order valence-corrected chi connectivity index (χ0v) is 16.2. The Labute approximate surface area is 145 Å². The Bertz CT molecular complexity index is 725. The fourth-order valence-electron chi connectivity index (χ4n) is 4.17. The van der Waals surface area contributed by atoms with Crippen LogP contribution in [-0.2, 0) is 21.3 Å². The molecule has 0 saturated carbocycles. The first kappa shape index (κ1) is 17.9. The monoisotopic (exact) mass is 355 g/mol. The van der Waals surface area contributed by atoms with Crippen LogP contribution < -0.4 is 0 Å². The number of sulfonamides is 1. The first-order chi connectivity index (χ1) is 11.1. The minimum Gasteiger partial charge on any atom is -0.369 e. The Hall–Kier alpha value is -0.920. The summed E-state index contributed by atoms with van der Waals surface area (Å²) < 4.78 is 35.8. The number of piperidine rings is 1. The van der Waals surface area contributed by atoms with E-state index >= 15 is 0 Å². The molecule has 6 nitrogen and oxygen atoms in total. The summed E-state index contributed by atoms with van der Waals surface area (Å²) in [6.07, 6.45) is 4.19. The summed E-state index contributed by atoms with van der Waals surface area (Å²) in [6, 6.07) is 0. The quantitative estimate of drug-likeness (QED) is 0.836. The van der Waals surface area contributed by atoms with Gasteiger partial charge in [-0.25, -0.2) is 8.42 Å². The Morgan fingerprint density at radius 3 is 2.67 bits per heavy atom. The van der Waals surface area contributed by atoms with Crippen molar-refractivity contribution in [3.8, 4) is 0 Å². The molecule has 136 valence electrons. The number of aryl methyl sites for hydroxylation is 1. The predicted octanol–water partition coefficient (Wildman–Crippen LogP) is 2.57. The van der Waals surface area contributed by atoms with Gasteiger partial charge < -0.3 is 4.74 Å². The second-order valence-corrected chi connectivity index (χ2v) is 9.84. The normalized spacial score (nSPS) is 31.0. The molecule has 0 radical (unpaired) electrons. The second kappa shape index (κ2) is 5.81. The van der Waals surface area contributed by atoms with Crippen molar-refractivity contribution in [1.82, 2.24) is 14.1 Å². The lowest BCUT2D eigenvalue weighted by Gasteiger charge is -2.52. The Kier molecular flexibility index (Phi) is 4.33. The van der Waals surface area contributed by atoms with E-state index in [0.29, 0.717) is 30.2 Å². The van der Waals surface area contributed by atoms with Crippen molar-refractivity contribution >= 4 is 10.0 Å². The lowest BCUT2D eigenvalue weighted by Crippen LogP contribution is -2.58. The van der Waals surface area contributed by atoms with Crippen LogP contribution in [0.2, 0.25) is 0 Å². The number of rotatable bonds is 3. The third-order valence-corrected chi connectivity index (χ3v) is 7.69. The molecule has 2 aliphatic rings. The van der Waals surface area contributed by atoms with E-state index in [-0.39, 0.29) is 17.1 Å². The molecular formula is C17H29N3O3S. The number of fused-ring (bicyclic) bond motifs is 1. The maximum Gasteiger partial charge on any atom is 0.246 e. The summed E-state index contributed by atoms with van der Waals surface area (Å²) in [5.41, 5.74) is 0.369. The molecule has 0 aromatic carbocycles. The highest BCUT2D eigenvalue weighted by Gasteiger charge is 2.49. The average molecular weight is 356 g/mol. The molecule has 2 atom stereocenters. The van der Waals surface area contributed by atoms with E-state index in [4.69, 9.17) is 4.74 Å². The summed E-state index contributed by atoms with van der Waals surface area (Å²) in [5.74, 6) is 0.246. The van der Waals surface area contributed by atoms with E-state index in [1.54, 1.807) is 8.99 Å². The maximum absolute atomic E-state index is 13.1. The fourth-order valence-corrected chi connectivity index (χ4v) is 5.82. The largest absolute Gasteiger partial charge is 0.369 e. The molecule has 3 heterocycles. The first-order valence-electron chi connectivity index (χ1n) is 8.82. The van der Waals surface area contributed by atoms with Crippen molar-refractivity contribution in [3.63, 3.8) is 0 Å². The maximum atomic E-state index is 13.1. The predicted molar refractivity (Wildman–Crippen MR) is 92.3 cm³/mol. The van der Waals surface area contributed by atoms with Crippen LogP contribution in [-0.4, -0.2) is 46.8 Å². The van der Waals surface area contributed by atoms with Crippen LogP contribution in [0.1, 0.15) is 52.7 Å². The highest BCUT2D eigenvalue weighted by Crippen LogP contribution is 2.44. The van der Waals surface area contributed by atoms with Crippen LogP contribution in [0.5, 0.6) is 0 Å². The Morgan fingerprint density at radius 2 is 2.04 bits per heavy atom. The van der Waals surface area contributed by atoms with Crippen molar-refractivity contribution in [2.45, 2.75) is 76.5 Å². The molecular weight excluding hydrogens is 326 g/mol. The summed E-state index contributed by atoms with van der Waals surface area (Å²) in [5, 5.41) is 4.20. The number of hydrogen-bond donors (Lipinski definition) is 0. The van der Waals surface area contributed by atoms with Crippen molar-refractivity contribution in [3.05, 3.63) is 11.9 Å². The first-order valence-corrected chi connectivity index (χ1v) is 10.3. The lowest BCUT2D eigenvalue weighted by atomic mass is 9.75. The molecule has 2 saturated heterocycles. The van der Waals surface area contributed by atoms with Gasteiger partial charge in [-0.15, -0.1) is 0 Å². The molecule has 0 unspecified atom stereocenters. The fraction of sp³-hybridized carbons (Fsp3) is 0.824. The number of ether oxygens (including phenoxy) is 1. The highest BCUT2D eigenvalue weighted by atomic mass is 32.2. The SMILES string of the molecule is CCn1ncc(S(=O)(=O)N2CC[C@@]3(C)OC(C)(C)CC[C@H]3C2)c1C.